The lowest BCUT2D eigenvalue weighted by atomic mass is 9.98. The van der Waals surface area contributed by atoms with Crippen LogP contribution in [-0.4, -0.2) is 35.0 Å². The highest BCUT2D eigenvalue weighted by atomic mass is 16.2. The van der Waals surface area contributed by atoms with Gasteiger partial charge in [0.2, 0.25) is 0 Å². The van der Waals surface area contributed by atoms with E-state index in [4.69, 9.17) is 0 Å². The number of amides is 2. The number of hydrogen-bond acceptors (Lipinski definition) is 1. The van der Waals surface area contributed by atoms with Gasteiger partial charge in [-0.1, -0.05) is 18.2 Å². The standard InChI is InChI=1S/C16H21N3O/c1-11(2)18-16(20)19-8-7-12(10-19)14-9-17-15-6-4-3-5-13(14)15/h3-6,9,11-12,17H,7-8,10H2,1-2H3,(H,18,20). The Balaban J connectivity index is 1.75. The zero-order valence-electron chi connectivity index (χ0n) is 12.0. The van der Waals surface area contributed by atoms with Gasteiger partial charge in [-0.15, -0.1) is 0 Å². The van der Waals surface area contributed by atoms with Crippen LogP contribution in [0.2, 0.25) is 0 Å². The van der Waals surface area contributed by atoms with E-state index in [1.165, 1.54) is 16.5 Å². The summed E-state index contributed by atoms with van der Waals surface area (Å²) in [5.41, 5.74) is 2.51. The van der Waals surface area contributed by atoms with E-state index in [0.717, 1.165) is 19.5 Å². The summed E-state index contributed by atoms with van der Waals surface area (Å²) in [5.74, 6) is 0.434. The Labute approximate surface area is 119 Å². The van der Waals surface area contributed by atoms with Crippen LogP contribution in [0, 0.1) is 0 Å². The predicted octanol–water partition coefficient (Wildman–Crippen LogP) is 3.08. The van der Waals surface area contributed by atoms with E-state index in [9.17, 15) is 4.79 Å². The van der Waals surface area contributed by atoms with Gasteiger partial charge in [-0.3, -0.25) is 0 Å². The molecule has 20 heavy (non-hydrogen) atoms. The summed E-state index contributed by atoms with van der Waals surface area (Å²) in [5, 5.41) is 4.25. The molecule has 2 aromatic rings. The number of rotatable bonds is 2. The van der Waals surface area contributed by atoms with Gasteiger partial charge in [-0.25, -0.2) is 4.79 Å². The predicted molar refractivity (Wildman–Crippen MR) is 80.9 cm³/mol. The summed E-state index contributed by atoms with van der Waals surface area (Å²) in [6.45, 7) is 5.62. The highest BCUT2D eigenvalue weighted by Crippen LogP contribution is 2.32. The lowest BCUT2D eigenvalue weighted by Gasteiger charge is -2.19. The molecule has 1 aliphatic rings. The van der Waals surface area contributed by atoms with Gasteiger partial charge in [-0.05, 0) is 31.9 Å². The van der Waals surface area contributed by atoms with Crippen LogP contribution in [-0.2, 0) is 0 Å². The van der Waals surface area contributed by atoms with Crippen LogP contribution in [0.1, 0.15) is 31.7 Å². The van der Waals surface area contributed by atoms with E-state index in [1.807, 2.05) is 24.8 Å². The van der Waals surface area contributed by atoms with Crippen molar-refractivity contribution in [3.8, 4) is 0 Å². The minimum atomic E-state index is 0.0577. The molecule has 106 valence electrons. The molecule has 0 aliphatic carbocycles. The number of carbonyl (C=O) groups excluding carboxylic acids is 1. The highest BCUT2D eigenvalue weighted by molar-refractivity contribution is 5.84. The molecule has 1 fully saturated rings. The third-order valence-electron chi connectivity index (χ3n) is 3.95. The molecule has 2 heterocycles. The number of carbonyl (C=O) groups is 1. The second kappa shape index (κ2) is 5.19. The molecule has 0 saturated carbocycles. The van der Waals surface area contributed by atoms with Crippen LogP contribution in [0.4, 0.5) is 4.79 Å². The molecule has 3 rings (SSSR count). The number of likely N-dealkylation sites (tertiary alicyclic amines) is 1. The number of urea groups is 1. The monoisotopic (exact) mass is 271 g/mol. The highest BCUT2D eigenvalue weighted by Gasteiger charge is 2.28. The van der Waals surface area contributed by atoms with Crippen LogP contribution in [0.3, 0.4) is 0 Å². The molecule has 0 radical (unpaired) electrons. The van der Waals surface area contributed by atoms with Crippen molar-refractivity contribution in [3.63, 3.8) is 0 Å². The fraction of sp³-hybridized carbons (Fsp3) is 0.438. The van der Waals surface area contributed by atoms with Gasteiger partial charge in [0.25, 0.3) is 0 Å². The lowest BCUT2D eigenvalue weighted by molar-refractivity contribution is 0.205. The fourth-order valence-corrected chi connectivity index (χ4v) is 2.97. The molecule has 2 N–H and O–H groups in total. The van der Waals surface area contributed by atoms with E-state index >= 15 is 0 Å². The zero-order valence-corrected chi connectivity index (χ0v) is 12.0. The largest absolute Gasteiger partial charge is 0.361 e. The molecular weight excluding hydrogens is 250 g/mol. The van der Waals surface area contributed by atoms with Crippen molar-refractivity contribution in [1.29, 1.82) is 0 Å². The molecule has 1 saturated heterocycles. The molecule has 1 aromatic carbocycles. The van der Waals surface area contributed by atoms with Crippen molar-refractivity contribution in [3.05, 3.63) is 36.0 Å². The number of nitrogens with one attached hydrogen (secondary N) is 2. The van der Waals surface area contributed by atoms with Gasteiger partial charge in [-0.2, -0.15) is 0 Å². The molecule has 4 heteroatoms. The smallest absolute Gasteiger partial charge is 0.317 e. The number of H-pyrrole nitrogens is 1. The first-order valence-corrected chi connectivity index (χ1v) is 7.26. The number of aromatic nitrogens is 1. The normalized spacial score (nSPS) is 18.9. The Morgan fingerprint density at radius 3 is 3.00 bits per heavy atom. The lowest BCUT2D eigenvalue weighted by Crippen LogP contribution is -2.41. The Kier molecular flexibility index (Phi) is 3.38. The van der Waals surface area contributed by atoms with Crippen molar-refractivity contribution in [1.82, 2.24) is 15.2 Å². The van der Waals surface area contributed by atoms with Gasteiger partial charge in [0.05, 0.1) is 0 Å². The number of para-hydroxylation sites is 1. The van der Waals surface area contributed by atoms with Crippen LogP contribution in [0.5, 0.6) is 0 Å². The first kappa shape index (κ1) is 13.0. The minimum Gasteiger partial charge on any atom is -0.361 e. The fourth-order valence-electron chi connectivity index (χ4n) is 2.97. The van der Waals surface area contributed by atoms with Crippen LogP contribution in [0.25, 0.3) is 10.9 Å². The first-order chi connectivity index (χ1) is 9.65. The number of benzene rings is 1. The number of aromatic amines is 1. The minimum absolute atomic E-state index is 0.0577. The quantitative estimate of drug-likeness (QED) is 0.866. The number of nitrogens with zero attached hydrogens (tertiary/aromatic N) is 1. The van der Waals surface area contributed by atoms with Gasteiger partial charge in [0, 0.05) is 42.1 Å². The SMILES string of the molecule is CC(C)NC(=O)N1CCC(c2c[nH]c3ccccc23)C1. The van der Waals surface area contributed by atoms with Gasteiger partial charge in [0.15, 0.2) is 0 Å². The molecule has 2 amide bonds. The van der Waals surface area contributed by atoms with E-state index in [2.05, 4.69) is 34.7 Å². The number of hydrogen-bond donors (Lipinski definition) is 2. The molecule has 1 unspecified atom stereocenters. The summed E-state index contributed by atoms with van der Waals surface area (Å²) in [7, 11) is 0. The Bertz CT molecular complexity index is 617. The summed E-state index contributed by atoms with van der Waals surface area (Å²) < 4.78 is 0. The van der Waals surface area contributed by atoms with Crippen molar-refractivity contribution in [2.45, 2.75) is 32.2 Å². The molecule has 4 nitrogen and oxygen atoms in total. The van der Waals surface area contributed by atoms with Crippen LogP contribution >= 0.6 is 0 Å². The zero-order chi connectivity index (χ0) is 14.1. The summed E-state index contributed by atoms with van der Waals surface area (Å²) in [6.07, 6.45) is 3.13. The number of fused-ring (bicyclic) bond motifs is 1. The second-order valence-corrected chi connectivity index (χ2v) is 5.83. The average Bonchev–Trinajstić information content (AvgIpc) is 3.04. The van der Waals surface area contributed by atoms with E-state index in [1.54, 1.807) is 0 Å². The molecule has 1 aliphatic heterocycles. The summed E-state index contributed by atoms with van der Waals surface area (Å²) >= 11 is 0. The van der Waals surface area contributed by atoms with Crippen LogP contribution in [0.15, 0.2) is 30.5 Å². The van der Waals surface area contributed by atoms with E-state index in [-0.39, 0.29) is 12.1 Å². The van der Waals surface area contributed by atoms with Gasteiger partial charge in [0.1, 0.15) is 0 Å². The van der Waals surface area contributed by atoms with Crippen molar-refractivity contribution >= 4 is 16.9 Å². The van der Waals surface area contributed by atoms with Crippen molar-refractivity contribution in [2.24, 2.45) is 0 Å². The van der Waals surface area contributed by atoms with Crippen molar-refractivity contribution < 1.29 is 4.79 Å². The van der Waals surface area contributed by atoms with E-state index < -0.39 is 0 Å². The third-order valence-corrected chi connectivity index (χ3v) is 3.95. The van der Waals surface area contributed by atoms with Crippen molar-refractivity contribution in [2.75, 3.05) is 13.1 Å². The first-order valence-electron chi connectivity index (χ1n) is 7.26. The topological polar surface area (TPSA) is 48.1 Å². The van der Waals surface area contributed by atoms with Gasteiger partial charge >= 0.3 is 6.03 Å². The van der Waals surface area contributed by atoms with Crippen LogP contribution < -0.4 is 5.32 Å². The molecule has 1 atom stereocenters. The summed E-state index contributed by atoms with van der Waals surface area (Å²) in [6, 6.07) is 8.60. The summed E-state index contributed by atoms with van der Waals surface area (Å²) in [4.78, 5) is 17.3. The Morgan fingerprint density at radius 1 is 1.40 bits per heavy atom. The molecule has 0 spiro atoms. The maximum atomic E-state index is 12.0. The molecular formula is C16H21N3O. The maximum absolute atomic E-state index is 12.0. The third kappa shape index (κ3) is 2.38. The Morgan fingerprint density at radius 2 is 2.20 bits per heavy atom. The van der Waals surface area contributed by atoms with Gasteiger partial charge < -0.3 is 15.2 Å². The Hall–Kier alpha value is -1.97. The molecule has 1 aromatic heterocycles. The second-order valence-electron chi connectivity index (χ2n) is 5.83. The average molecular weight is 271 g/mol. The molecule has 0 bridgehead atoms. The van der Waals surface area contributed by atoms with E-state index in [0.29, 0.717) is 5.92 Å². The maximum Gasteiger partial charge on any atom is 0.317 e.